The monoisotopic (exact) mass is 233 g/mol. The lowest BCUT2D eigenvalue weighted by atomic mass is 10.3. The summed E-state index contributed by atoms with van der Waals surface area (Å²) < 4.78 is 2.40. The zero-order valence-electron chi connectivity index (χ0n) is 8.86. The molecule has 82 valence electrons. The molecule has 3 nitrogen and oxygen atoms in total. The Bertz CT molecular complexity index is 567. The van der Waals surface area contributed by atoms with Crippen LogP contribution in [0.25, 0.3) is 11.0 Å². The first kappa shape index (κ1) is 8.99. The van der Waals surface area contributed by atoms with Gasteiger partial charge >= 0.3 is 0 Å². The number of fused-ring (bicyclic) bond motifs is 1. The largest absolute Gasteiger partial charge is 0.324 e. The van der Waals surface area contributed by atoms with Crippen LogP contribution in [-0.4, -0.2) is 14.5 Å². The van der Waals surface area contributed by atoms with Crippen LogP contribution < -0.4 is 0 Å². The summed E-state index contributed by atoms with van der Waals surface area (Å²) in [6.07, 6.45) is 6.94. The molecule has 0 N–H and O–H groups in total. The Kier molecular flexibility index (Phi) is 1.67. The van der Waals surface area contributed by atoms with Gasteiger partial charge in [-0.3, -0.25) is 0 Å². The Morgan fingerprint density at radius 1 is 1.25 bits per heavy atom. The molecule has 2 aliphatic rings. The second-order valence-electron chi connectivity index (χ2n) is 4.84. The van der Waals surface area contributed by atoms with Crippen molar-refractivity contribution in [2.75, 3.05) is 0 Å². The maximum absolute atomic E-state index is 5.97. The van der Waals surface area contributed by atoms with Gasteiger partial charge in [0.1, 0.15) is 16.5 Å². The summed E-state index contributed by atoms with van der Waals surface area (Å²) in [5.74, 6) is 1.95. The molecule has 2 aromatic heterocycles. The van der Waals surface area contributed by atoms with E-state index in [1.54, 1.807) is 6.20 Å². The average molecular weight is 234 g/mol. The van der Waals surface area contributed by atoms with Crippen LogP contribution in [0.15, 0.2) is 12.3 Å². The molecule has 0 spiro atoms. The van der Waals surface area contributed by atoms with E-state index in [1.807, 2.05) is 6.07 Å². The number of imidazole rings is 1. The summed E-state index contributed by atoms with van der Waals surface area (Å²) in [5, 5.41) is 0.566. The number of hydrogen-bond donors (Lipinski definition) is 0. The molecular weight excluding hydrogens is 222 g/mol. The molecule has 0 amide bonds. The number of rotatable bonds is 2. The highest BCUT2D eigenvalue weighted by atomic mass is 35.5. The van der Waals surface area contributed by atoms with Crippen molar-refractivity contribution < 1.29 is 0 Å². The van der Waals surface area contributed by atoms with E-state index in [-0.39, 0.29) is 0 Å². The first-order chi connectivity index (χ1) is 7.83. The van der Waals surface area contributed by atoms with Crippen LogP contribution in [0, 0.1) is 0 Å². The van der Waals surface area contributed by atoms with Crippen molar-refractivity contribution in [3.05, 3.63) is 23.2 Å². The molecule has 4 heteroatoms. The van der Waals surface area contributed by atoms with Gasteiger partial charge in [0.15, 0.2) is 0 Å². The van der Waals surface area contributed by atoms with Crippen molar-refractivity contribution >= 4 is 22.6 Å². The molecule has 0 saturated heterocycles. The summed E-state index contributed by atoms with van der Waals surface area (Å²) in [6.45, 7) is 0. The lowest BCUT2D eigenvalue weighted by Gasteiger charge is -2.05. The zero-order chi connectivity index (χ0) is 10.7. The van der Waals surface area contributed by atoms with Crippen LogP contribution in [0.4, 0.5) is 0 Å². The fourth-order valence-corrected chi connectivity index (χ4v) is 2.49. The van der Waals surface area contributed by atoms with Gasteiger partial charge in [0.05, 0.1) is 11.7 Å². The van der Waals surface area contributed by atoms with Crippen LogP contribution in [0.1, 0.15) is 43.5 Å². The van der Waals surface area contributed by atoms with Gasteiger partial charge in [0, 0.05) is 18.0 Å². The second-order valence-corrected chi connectivity index (χ2v) is 5.23. The molecule has 0 bridgehead atoms. The molecule has 16 heavy (non-hydrogen) atoms. The van der Waals surface area contributed by atoms with Crippen molar-refractivity contribution in [2.45, 2.75) is 37.6 Å². The highest BCUT2D eigenvalue weighted by Gasteiger charge is 2.35. The Morgan fingerprint density at radius 3 is 2.75 bits per heavy atom. The summed E-state index contributed by atoms with van der Waals surface area (Å²) >= 11 is 5.97. The third-order valence-electron chi connectivity index (χ3n) is 3.42. The number of pyridine rings is 1. The topological polar surface area (TPSA) is 30.7 Å². The molecule has 2 aromatic rings. The third-order valence-corrected chi connectivity index (χ3v) is 3.63. The number of hydrogen-bond acceptors (Lipinski definition) is 2. The van der Waals surface area contributed by atoms with E-state index < -0.39 is 0 Å². The van der Waals surface area contributed by atoms with Gasteiger partial charge < -0.3 is 4.57 Å². The van der Waals surface area contributed by atoms with Gasteiger partial charge in [-0.15, -0.1) is 0 Å². The van der Waals surface area contributed by atoms with Gasteiger partial charge in [-0.1, -0.05) is 11.6 Å². The second kappa shape index (κ2) is 2.98. The average Bonchev–Trinajstić information content (AvgIpc) is 3.14. The standard InChI is InChI=1S/C12H12ClN3/c13-11-5-10-9(6-14-11)15-12(7-1-2-7)16(10)8-3-4-8/h5-8H,1-4H2. The quantitative estimate of drug-likeness (QED) is 0.746. The summed E-state index contributed by atoms with van der Waals surface area (Å²) in [6, 6.07) is 2.62. The van der Waals surface area contributed by atoms with Crippen molar-refractivity contribution in [1.29, 1.82) is 0 Å². The maximum Gasteiger partial charge on any atom is 0.131 e. The summed E-state index contributed by atoms with van der Waals surface area (Å²) in [5.41, 5.74) is 2.17. The van der Waals surface area contributed by atoms with Crippen LogP contribution in [0.2, 0.25) is 5.15 Å². The molecule has 0 unspecified atom stereocenters. The van der Waals surface area contributed by atoms with Crippen LogP contribution in [0.5, 0.6) is 0 Å². The maximum atomic E-state index is 5.97. The Morgan fingerprint density at radius 2 is 2.06 bits per heavy atom. The predicted molar refractivity (Wildman–Crippen MR) is 62.8 cm³/mol. The van der Waals surface area contributed by atoms with Gasteiger partial charge in [0.2, 0.25) is 0 Å². The number of halogens is 1. The summed E-state index contributed by atoms with van der Waals surface area (Å²) in [7, 11) is 0. The molecule has 2 aliphatic carbocycles. The van der Waals surface area contributed by atoms with E-state index >= 15 is 0 Å². The lowest BCUT2D eigenvalue weighted by Crippen LogP contribution is -1.99. The van der Waals surface area contributed by atoms with Crippen LogP contribution in [0.3, 0.4) is 0 Å². The van der Waals surface area contributed by atoms with Gasteiger partial charge in [0.25, 0.3) is 0 Å². The molecule has 0 aliphatic heterocycles. The lowest BCUT2D eigenvalue weighted by molar-refractivity contribution is 0.703. The van der Waals surface area contributed by atoms with E-state index in [4.69, 9.17) is 16.6 Å². The molecular formula is C12H12ClN3. The van der Waals surface area contributed by atoms with Crippen LogP contribution in [-0.2, 0) is 0 Å². The first-order valence-corrected chi connectivity index (χ1v) is 6.24. The van der Waals surface area contributed by atoms with E-state index in [0.717, 1.165) is 5.52 Å². The molecule has 2 saturated carbocycles. The number of aromatic nitrogens is 3. The minimum absolute atomic E-state index is 0.566. The van der Waals surface area contributed by atoms with E-state index in [9.17, 15) is 0 Å². The molecule has 4 rings (SSSR count). The molecule has 0 atom stereocenters. The zero-order valence-corrected chi connectivity index (χ0v) is 9.61. The Balaban J connectivity index is 2.01. The van der Waals surface area contributed by atoms with Crippen molar-refractivity contribution in [3.8, 4) is 0 Å². The van der Waals surface area contributed by atoms with Crippen LogP contribution >= 0.6 is 11.6 Å². The minimum atomic E-state index is 0.566. The fraction of sp³-hybridized carbons (Fsp3) is 0.500. The molecule has 2 fully saturated rings. The molecule has 0 radical (unpaired) electrons. The van der Waals surface area contributed by atoms with Gasteiger partial charge in [-0.25, -0.2) is 9.97 Å². The predicted octanol–water partition coefficient (Wildman–Crippen LogP) is 3.30. The van der Waals surface area contributed by atoms with Gasteiger partial charge in [-0.2, -0.15) is 0 Å². The smallest absolute Gasteiger partial charge is 0.131 e. The SMILES string of the molecule is Clc1cc2c(cn1)nc(C1CC1)n2C1CC1. The summed E-state index contributed by atoms with van der Waals surface area (Å²) in [4.78, 5) is 8.83. The highest BCUT2D eigenvalue weighted by Crippen LogP contribution is 2.46. The Labute approximate surface area is 98.5 Å². The van der Waals surface area contributed by atoms with Gasteiger partial charge in [-0.05, 0) is 25.7 Å². The van der Waals surface area contributed by atoms with Crippen molar-refractivity contribution in [3.63, 3.8) is 0 Å². The van der Waals surface area contributed by atoms with E-state index in [1.165, 1.54) is 37.0 Å². The van der Waals surface area contributed by atoms with E-state index in [0.29, 0.717) is 17.1 Å². The third kappa shape index (κ3) is 1.27. The molecule has 2 heterocycles. The normalized spacial score (nSPS) is 20.6. The Hall–Kier alpha value is -1.09. The number of nitrogens with zero attached hydrogens (tertiary/aromatic N) is 3. The fourth-order valence-electron chi connectivity index (χ4n) is 2.34. The molecule has 0 aromatic carbocycles. The van der Waals surface area contributed by atoms with Crippen molar-refractivity contribution in [2.24, 2.45) is 0 Å². The highest BCUT2D eigenvalue weighted by molar-refractivity contribution is 6.29. The van der Waals surface area contributed by atoms with E-state index in [2.05, 4.69) is 9.55 Å². The first-order valence-electron chi connectivity index (χ1n) is 5.86. The minimum Gasteiger partial charge on any atom is -0.324 e. The van der Waals surface area contributed by atoms with Crippen molar-refractivity contribution in [1.82, 2.24) is 14.5 Å².